The number of halogens is 1. The van der Waals surface area contributed by atoms with Crippen LogP contribution in [0.4, 0.5) is 0 Å². The molecular weight excluding hydrogens is 210 g/mol. The van der Waals surface area contributed by atoms with Gasteiger partial charge in [-0.2, -0.15) is 0 Å². The molecule has 0 radical (unpaired) electrons. The summed E-state index contributed by atoms with van der Waals surface area (Å²) < 4.78 is 0. The summed E-state index contributed by atoms with van der Waals surface area (Å²) in [6.07, 6.45) is 4.15. The summed E-state index contributed by atoms with van der Waals surface area (Å²) in [6, 6.07) is 7.41. The number of hydrogen-bond donors (Lipinski definition) is 1. The molecule has 0 aliphatic rings. The van der Waals surface area contributed by atoms with E-state index in [9.17, 15) is 4.79 Å². The SMILES string of the molecule is CCCNC(=O)C=Cc1ccccc1Cl. The molecule has 0 aliphatic carbocycles. The first-order valence-electron chi connectivity index (χ1n) is 4.94. The van der Waals surface area contributed by atoms with Gasteiger partial charge in [0.1, 0.15) is 0 Å². The van der Waals surface area contributed by atoms with E-state index in [2.05, 4.69) is 5.32 Å². The van der Waals surface area contributed by atoms with Crippen molar-refractivity contribution < 1.29 is 4.79 Å². The Morgan fingerprint density at radius 2 is 2.20 bits per heavy atom. The molecule has 0 aliphatic heterocycles. The Morgan fingerprint density at radius 1 is 1.47 bits per heavy atom. The molecule has 0 atom stereocenters. The highest BCUT2D eigenvalue weighted by Gasteiger charge is 1.95. The Kier molecular flexibility index (Phi) is 4.91. The highest BCUT2D eigenvalue weighted by Crippen LogP contribution is 2.15. The van der Waals surface area contributed by atoms with Gasteiger partial charge in [0.05, 0.1) is 0 Å². The van der Waals surface area contributed by atoms with Gasteiger partial charge in [-0.3, -0.25) is 4.79 Å². The predicted molar refractivity (Wildman–Crippen MR) is 63.8 cm³/mol. The van der Waals surface area contributed by atoms with Gasteiger partial charge in [-0.1, -0.05) is 36.7 Å². The van der Waals surface area contributed by atoms with Crippen LogP contribution in [0.3, 0.4) is 0 Å². The van der Waals surface area contributed by atoms with E-state index in [0.29, 0.717) is 11.6 Å². The van der Waals surface area contributed by atoms with Gasteiger partial charge in [0, 0.05) is 17.6 Å². The third kappa shape index (κ3) is 4.17. The van der Waals surface area contributed by atoms with E-state index < -0.39 is 0 Å². The van der Waals surface area contributed by atoms with Crippen LogP contribution in [0.1, 0.15) is 18.9 Å². The fourth-order valence-corrected chi connectivity index (χ4v) is 1.28. The molecule has 1 rings (SSSR count). The second-order valence-corrected chi connectivity index (χ2v) is 3.55. The van der Waals surface area contributed by atoms with E-state index >= 15 is 0 Å². The van der Waals surface area contributed by atoms with Crippen molar-refractivity contribution in [2.24, 2.45) is 0 Å². The Morgan fingerprint density at radius 3 is 2.87 bits per heavy atom. The van der Waals surface area contributed by atoms with Crippen molar-refractivity contribution in [2.75, 3.05) is 6.54 Å². The maximum Gasteiger partial charge on any atom is 0.243 e. The van der Waals surface area contributed by atoms with E-state index in [-0.39, 0.29) is 5.91 Å². The summed E-state index contributed by atoms with van der Waals surface area (Å²) in [4.78, 5) is 11.2. The molecule has 1 aromatic carbocycles. The van der Waals surface area contributed by atoms with Gasteiger partial charge in [-0.05, 0) is 24.1 Å². The van der Waals surface area contributed by atoms with E-state index in [1.807, 2.05) is 25.1 Å². The lowest BCUT2D eigenvalue weighted by Gasteiger charge is -1.98. The largest absolute Gasteiger partial charge is 0.353 e. The topological polar surface area (TPSA) is 29.1 Å². The van der Waals surface area contributed by atoms with Gasteiger partial charge in [0.2, 0.25) is 5.91 Å². The number of carbonyl (C=O) groups is 1. The van der Waals surface area contributed by atoms with Gasteiger partial charge in [0.25, 0.3) is 0 Å². The third-order valence-electron chi connectivity index (χ3n) is 1.87. The molecule has 0 aromatic heterocycles. The predicted octanol–water partition coefficient (Wildman–Crippen LogP) is 2.88. The van der Waals surface area contributed by atoms with Crippen LogP contribution < -0.4 is 5.32 Å². The average molecular weight is 224 g/mol. The Balaban J connectivity index is 2.58. The number of carbonyl (C=O) groups excluding carboxylic acids is 1. The minimum atomic E-state index is -0.0863. The van der Waals surface area contributed by atoms with Crippen LogP contribution >= 0.6 is 11.6 Å². The highest BCUT2D eigenvalue weighted by atomic mass is 35.5. The Labute approximate surface area is 94.9 Å². The molecule has 0 unspecified atom stereocenters. The maximum absolute atomic E-state index is 11.2. The van der Waals surface area contributed by atoms with E-state index in [0.717, 1.165) is 12.0 Å². The van der Waals surface area contributed by atoms with Crippen molar-refractivity contribution in [2.45, 2.75) is 13.3 Å². The van der Waals surface area contributed by atoms with Gasteiger partial charge >= 0.3 is 0 Å². The molecule has 1 N–H and O–H groups in total. The Bertz CT molecular complexity index is 360. The summed E-state index contributed by atoms with van der Waals surface area (Å²) in [5, 5.41) is 3.40. The molecule has 0 saturated heterocycles. The lowest BCUT2D eigenvalue weighted by molar-refractivity contribution is -0.116. The minimum absolute atomic E-state index is 0.0863. The molecule has 2 nitrogen and oxygen atoms in total. The second-order valence-electron chi connectivity index (χ2n) is 3.15. The third-order valence-corrected chi connectivity index (χ3v) is 2.21. The van der Waals surface area contributed by atoms with Crippen molar-refractivity contribution in [1.29, 1.82) is 0 Å². The van der Waals surface area contributed by atoms with Crippen molar-refractivity contribution >= 4 is 23.6 Å². The standard InChI is InChI=1S/C12H14ClNO/c1-2-9-14-12(15)8-7-10-5-3-4-6-11(10)13/h3-8H,2,9H2,1H3,(H,14,15). The second kappa shape index (κ2) is 6.25. The lowest BCUT2D eigenvalue weighted by Crippen LogP contribution is -2.21. The number of hydrogen-bond acceptors (Lipinski definition) is 1. The van der Waals surface area contributed by atoms with E-state index in [4.69, 9.17) is 11.6 Å². The van der Waals surface area contributed by atoms with Crippen LogP contribution in [-0.2, 0) is 4.79 Å². The number of benzene rings is 1. The zero-order chi connectivity index (χ0) is 11.1. The van der Waals surface area contributed by atoms with Gasteiger partial charge in [-0.25, -0.2) is 0 Å². The van der Waals surface area contributed by atoms with Gasteiger partial charge in [-0.15, -0.1) is 0 Å². The van der Waals surface area contributed by atoms with Crippen LogP contribution in [0.15, 0.2) is 30.3 Å². The van der Waals surface area contributed by atoms with Crippen LogP contribution in [0.5, 0.6) is 0 Å². The molecule has 3 heteroatoms. The first kappa shape index (κ1) is 11.8. The highest BCUT2D eigenvalue weighted by molar-refractivity contribution is 6.32. The van der Waals surface area contributed by atoms with Crippen LogP contribution in [0.2, 0.25) is 5.02 Å². The van der Waals surface area contributed by atoms with Crippen molar-refractivity contribution in [3.8, 4) is 0 Å². The van der Waals surface area contributed by atoms with Crippen molar-refractivity contribution in [3.63, 3.8) is 0 Å². The zero-order valence-electron chi connectivity index (χ0n) is 8.66. The van der Waals surface area contributed by atoms with Crippen LogP contribution in [-0.4, -0.2) is 12.5 Å². The summed E-state index contributed by atoms with van der Waals surface area (Å²) in [6.45, 7) is 2.71. The van der Waals surface area contributed by atoms with E-state index in [1.165, 1.54) is 6.08 Å². The van der Waals surface area contributed by atoms with Crippen LogP contribution in [0, 0.1) is 0 Å². The number of rotatable bonds is 4. The maximum atomic E-state index is 11.2. The first-order valence-corrected chi connectivity index (χ1v) is 5.32. The van der Waals surface area contributed by atoms with Gasteiger partial charge in [0.15, 0.2) is 0 Å². The van der Waals surface area contributed by atoms with Crippen molar-refractivity contribution in [1.82, 2.24) is 5.32 Å². The average Bonchev–Trinajstić information content (AvgIpc) is 2.25. The summed E-state index contributed by atoms with van der Waals surface area (Å²) >= 11 is 5.93. The molecule has 0 saturated carbocycles. The molecule has 1 aromatic rings. The molecule has 15 heavy (non-hydrogen) atoms. The normalized spacial score (nSPS) is 10.5. The molecular formula is C12H14ClNO. The van der Waals surface area contributed by atoms with Crippen LogP contribution in [0.25, 0.3) is 6.08 Å². The molecule has 0 bridgehead atoms. The summed E-state index contributed by atoms with van der Waals surface area (Å²) in [5.41, 5.74) is 0.853. The Hall–Kier alpha value is -1.28. The molecule has 1 amide bonds. The number of amides is 1. The minimum Gasteiger partial charge on any atom is -0.353 e. The summed E-state index contributed by atoms with van der Waals surface area (Å²) in [5.74, 6) is -0.0863. The zero-order valence-corrected chi connectivity index (χ0v) is 9.42. The van der Waals surface area contributed by atoms with E-state index in [1.54, 1.807) is 12.1 Å². The summed E-state index contributed by atoms with van der Waals surface area (Å²) in [7, 11) is 0. The fraction of sp³-hybridized carbons (Fsp3) is 0.250. The molecule has 0 heterocycles. The molecule has 0 fully saturated rings. The number of nitrogens with one attached hydrogen (secondary N) is 1. The quantitative estimate of drug-likeness (QED) is 0.782. The molecule has 0 spiro atoms. The molecule has 80 valence electrons. The first-order chi connectivity index (χ1) is 7.24. The van der Waals surface area contributed by atoms with Crippen molar-refractivity contribution in [3.05, 3.63) is 40.9 Å². The smallest absolute Gasteiger partial charge is 0.243 e. The lowest BCUT2D eigenvalue weighted by atomic mass is 10.2. The monoisotopic (exact) mass is 223 g/mol. The fourth-order valence-electron chi connectivity index (χ4n) is 1.08. The van der Waals surface area contributed by atoms with Gasteiger partial charge < -0.3 is 5.32 Å².